The number of aromatic amines is 1. The van der Waals surface area contributed by atoms with Crippen molar-refractivity contribution in [2.75, 3.05) is 18.0 Å². The van der Waals surface area contributed by atoms with Crippen LogP contribution in [0.1, 0.15) is 30.4 Å². The predicted molar refractivity (Wildman–Crippen MR) is 102 cm³/mol. The van der Waals surface area contributed by atoms with Gasteiger partial charge in [0.05, 0.1) is 6.54 Å². The second-order valence-corrected chi connectivity index (χ2v) is 7.03. The van der Waals surface area contributed by atoms with Crippen LogP contribution >= 0.6 is 0 Å². The van der Waals surface area contributed by atoms with E-state index >= 15 is 0 Å². The van der Waals surface area contributed by atoms with Gasteiger partial charge in [0, 0.05) is 20.1 Å². The first-order valence-corrected chi connectivity index (χ1v) is 9.04. The summed E-state index contributed by atoms with van der Waals surface area (Å²) in [5, 5.41) is 0. The normalized spacial score (nSPS) is 14.9. The van der Waals surface area contributed by atoms with Crippen LogP contribution in [0, 0.1) is 6.92 Å². The molecule has 0 amide bonds. The van der Waals surface area contributed by atoms with Crippen molar-refractivity contribution in [2.45, 2.75) is 32.7 Å². The van der Waals surface area contributed by atoms with Gasteiger partial charge in [0.25, 0.3) is 5.56 Å². The minimum Gasteiger partial charge on any atom is -0.342 e. The molecule has 0 saturated carbocycles. The minimum atomic E-state index is -0.437. The fraction of sp³-hybridized carbons (Fsp3) is 0.421. The Labute approximate surface area is 150 Å². The molecule has 136 valence electrons. The molecular weight excluding hydrogens is 330 g/mol. The van der Waals surface area contributed by atoms with Gasteiger partial charge in [0.1, 0.15) is 0 Å². The van der Waals surface area contributed by atoms with Crippen molar-refractivity contribution in [3.05, 3.63) is 56.2 Å². The molecule has 0 aliphatic carbocycles. The summed E-state index contributed by atoms with van der Waals surface area (Å²) in [7, 11) is 1.64. The lowest BCUT2D eigenvalue weighted by Crippen LogP contribution is -2.32. The Morgan fingerprint density at radius 2 is 1.92 bits per heavy atom. The standard InChI is InChI=1S/C19H23N5O2/c1-13-7-6-8-14(11-13)12-24-15-16(22(2)19(26)21-17(15)25)20-18(24)23-9-4-3-5-10-23/h6-8,11H,3-5,9-10,12H2,1-2H3,(H,21,25,26). The van der Waals surface area contributed by atoms with E-state index in [9.17, 15) is 9.59 Å². The molecule has 0 atom stereocenters. The average molecular weight is 353 g/mol. The molecule has 3 aromatic rings. The largest absolute Gasteiger partial charge is 0.342 e. The molecule has 2 aromatic heterocycles. The number of aryl methyl sites for hydroxylation is 2. The third-order valence-corrected chi connectivity index (χ3v) is 5.05. The lowest BCUT2D eigenvalue weighted by Gasteiger charge is -2.28. The van der Waals surface area contributed by atoms with Crippen molar-refractivity contribution in [1.29, 1.82) is 0 Å². The lowest BCUT2D eigenvalue weighted by atomic mass is 10.1. The quantitative estimate of drug-likeness (QED) is 0.779. The number of anilines is 1. The van der Waals surface area contributed by atoms with Crippen LogP contribution in [0.3, 0.4) is 0 Å². The number of benzene rings is 1. The number of piperidine rings is 1. The van der Waals surface area contributed by atoms with Crippen molar-refractivity contribution < 1.29 is 0 Å². The number of rotatable bonds is 3. The third kappa shape index (κ3) is 2.83. The number of nitrogens with one attached hydrogen (secondary N) is 1. The maximum Gasteiger partial charge on any atom is 0.329 e. The maximum atomic E-state index is 12.6. The number of imidazole rings is 1. The summed E-state index contributed by atoms with van der Waals surface area (Å²) in [5.74, 6) is 0.771. The number of hydrogen-bond donors (Lipinski definition) is 1. The molecule has 0 spiro atoms. The topological polar surface area (TPSA) is 75.9 Å². The van der Waals surface area contributed by atoms with E-state index in [1.165, 1.54) is 16.6 Å². The van der Waals surface area contributed by atoms with Crippen LogP contribution in [-0.4, -0.2) is 32.2 Å². The van der Waals surface area contributed by atoms with Gasteiger partial charge in [-0.05, 0) is 31.7 Å². The zero-order valence-electron chi connectivity index (χ0n) is 15.2. The summed E-state index contributed by atoms with van der Waals surface area (Å²) in [6.07, 6.45) is 3.44. The zero-order chi connectivity index (χ0) is 18.3. The smallest absolute Gasteiger partial charge is 0.329 e. The van der Waals surface area contributed by atoms with Gasteiger partial charge in [-0.1, -0.05) is 29.8 Å². The molecule has 4 rings (SSSR count). The highest BCUT2D eigenvalue weighted by atomic mass is 16.2. The van der Waals surface area contributed by atoms with Gasteiger partial charge in [-0.25, -0.2) is 4.79 Å². The molecular formula is C19H23N5O2. The van der Waals surface area contributed by atoms with Gasteiger partial charge in [0.2, 0.25) is 5.95 Å². The first-order chi connectivity index (χ1) is 12.5. The summed E-state index contributed by atoms with van der Waals surface area (Å²) in [4.78, 5) is 33.9. The summed E-state index contributed by atoms with van der Waals surface area (Å²) < 4.78 is 3.37. The fourth-order valence-corrected chi connectivity index (χ4v) is 3.70. The van der Waals surface area contributed by atoms with Crippen molar-refractivity contribution in [1.82, 2.24) is 19.1 Å². The Morgan fingerprint density at radius 1 is 1.15 bits per heavy atom. The summed E-state index contributed by atoms with van der Waals surface area (Å²) in [5.41, 5.74) is 2.35. The van der Waals surface area contributed by atoms with Crippen LogP contribution in [0.15, 0.2) is 33.9 Å². The number of nitrogens with zero attached hydrogens (tertiary/aromatic N) is 4. The molecule has 1 saturated heterocycles. The Balaban J connectivity index is 1.93. The highest BCUT2D eigenvalue weighted by Gasteiger charge is 2.22. The van der Waals surface area contributed by atoms with Gasteiger partial charge in [-0.2, -0.15) is 4.98 Å². The van der Waals surface area contributed by atoms with Crippen molar-refractivity contribution in [3.63, 3.8) is 0 Å². The van der Waals surface area contributed by atoms with E-state index < -0.39 is 5.69 Å². The second-order valence-electron chi connectivity index (χ2n) is 7.03. The molecule has 1 fully saturated rings. The molecule has 1 aliphatic rings. The number of fused-ring (bicyclic) bond motifs is 1. The molecule has 0 bridgehead atoms. The number of aromatic nitrogens is 4. The van der Waals surface area contributed by atoms with Gasteiger partial charge in [-0.15, -0.1) is 0 Å². The Morgan fingerprint density at radius 3 is 2.65 bits per heavy atom. The van der Waals surface area contributed by atoms with Crippen LogP contribution in [0.25, 0.3) is 11.2 Å². The van der Waals surface area contributed by atoms with Gasteiger partial charge < -0.3 is 4.90 Å². The summed E-state index contributed by atoms with van der Waals surface area (Å²) in [6.45, 7) is 4.44. The van der Waals surface area contributed by atoms with Crippen LogP contribution < -0.4 is 16.1 Å². The van der Waals surface area contributed by atoms with Gasteiger partial charge >= 0.3 is 5.69 Å². The molecule has 3 heterocycles. The molecule has 0 unspecified atom stereocenters. The van der Waals surface area contributed by atoms with E-state index in [0.717, 1.165) is 37.4 Å². The van der Waals surface area contributed by atoms with E-state index in [-0.39, 0.29) is 5.56 Å². The second kappa shape index (κ2) is 6.48. The van der Waals surface area contributed by atoms with Gasteiger partial charge in [0.15, 0.2) is 11.2 Å². The predicted octanol–water partition coefficient (Wildman–Crippen LogP) is 1.77. The molecule has 1 aliphatic heterocycles. The van der Waals surface area contributed by atoms with Crippen molar-refractivity contribution in [2.24, 2.45) is 7.05 Å². The van der Waals surface area contributed by atoms with Crippen LogP contribution in [0.5, 0.6) is 0 Å². The minimum absolute atomic E-state index is 0.383. The van der Waals surface area contributed by atoms with E-state index in [0.29, 0.717) is 17.7 Å². The maximum absolute atomic E-state index is 12.6. The van der Waals surface area contributed by atoms with E-state index in [1.807, 2.05) is 10.6 Å². The highest BCUT2D eigenvalue weighted by molar-refractivity contribution is 5.74. The van der Waals surface area contributed by atoms with Crippen molar-refractivity contribution in [3.8, 4) is 0 Å². The van der Waals surface area contributed by atoms with Crippen molar-refractivity contribution >= 4 is 17.1 Å². The van der Waals surface area contributed by atoms with E-state index in [2.05, 4.69) is 35.0 Å². The average Bonchev–Trinajstić information content (AvgIpc) is 3.00. The van der Waals surface area contributed by atoms with E-state index in [1.54, 1.807) is 7.05 Å². The Hall–Kier alpha value is -2.83. The molecule has 1 aromatic carbocycles. The SMILES string of the molecule is Cc1cccc(Cn2c(N3CCCCC3)nc3c2c(=O)[nH]c(=O)n3C)c1. The van der Waals surface area contributed by atoms with Crippen LogP contribution in [0.2, 0.25) is 0 Å². The Bertz CT molecular complexity index is 1070. The first kappa shape index (κ1) is 16.6. The molecule has 0 radical (unpaired) electrons. The number of H-pyrrole nitrogens is 1. The summed E-state index contributed by atoms with van der Waals surface area (Å²) in [6, 6.07) is 8.23. The molecule has 7 nitrogen and oxygen atoms in total. The third-order valence-electron chi connectivity index (χ3n) is 5.05. The van der Waals surface area contributed by atoms with Gasteiger partial charge in [-0.3, -0.25) is 18.9 Å². The Kier molecular flexibility index (Phi) is 4.14. The summed E-state index contributed by atoms with van der Waals surface area (Å²) >= 11 is 0. The fourth-order valence-electron chi connectivity index (χ4n) is 3.70. The van der Waals surface area contributed by atoms with E-state index in [4.69, 9.17) is 4.98 Å². The monoisotopic (exact) mass is 353 g/mol. The van der Waals surface area contributed by atoms with Crippen LogP contribution in [-0.2, 0) is 13.6 Å². The molecule has 7 heteroatoms. The zero-order valence-corrected chi connectivity index (χ0v) is 15.2. The number of hydrogen-bond acceptors (Lipinski definition) is 4. The first-order valence-electron chi connectivity index (χ1n) is 9.04. The highest BCUT2D eigenvalue weighted by Crippen LogP contribution is 2.24. The molecule has 1 N–H and O–H groups in total. The molecule has 26 heavy (non-hydrogen) atoms. The van der Waals surface area contributed by atoms with Crippen LogP contribution in [0.4, 0.5) is 5.95 Å². The lowest BCUT2D eigenvalue weighted by molar-refractivity contribution is 0.560.